The zero-order valence-corrected chi connectivity index (χ0v) is 35.6. The first-order valence-corrected chi connectivity index (χ1v) is 21.5. The molecule has 18 heteroatoms. The van der Waals surface area contributed by atoms with Gasteiger partial charge in [-0.15, -0.1) is 0 Å². The van der Waals surface area contributed by atoms with E-state index in [4.69, 9.17) is 4.74 Å². The van der Waals surface area contributed by atoms with Crippen LogP contribution < -0.4 is 21.3 Å². The molecule has 64 heavy (non-hydrogen) atoms. The van der Waals surface area contributed by atoms with Gasteiger partial charge in [0.25, 0.3) is 17.7 Å². The van der Waals surface area contributed by atoms with Gasteiger partial charge in [-0.3, -0.25) is 48.6 Å². The van der Waals surface area contributed by atoms with Gasteiger partial charge < -0.3 is 25.6 Å². The molecule has 0 bridgehead atoms. The highest BCUT2D eigenvalue weighted by atomic mass is 19.1. The van der Waals surface area contributed by atoms with Crippen molar-refractivity contribution < 1.29 is 52.3 Å². The van der Waals surface area contributed by atoms with Gasteiger partial charge in [0, 0.05) is 68.8 Å². The number of imide groups is 3. The van der Waals surface area contributed by atoms with Crippen LogP contribution >= 0.6 is 0 Å². The van der Waals surface area contributed by atoms with Gasteiger partial charge in [0.1, 0.15) is 18.4 Å². The van der Waals surface area contributed by atoms with Crippen LogP contribution in [0.3, 0.4) is 0 Å². The van der Waals surface area contributed by atoms with E-state index in [1.807, 2.05) is 0 Å². The number of rotatable bonds is 18. The molecule has 3 aliphatic heterocycles. The molecule has 9 amide bonds. The number of nitrogens with zero attached hydrogens (tertiary/aromatic N) is 3. The van der Waals surface area contributed by atoms with Crippen molar-refractivity contribution in [1.82, 2.24) is 25.3 Å². The van der Waals surface area contributed by atoms with Crippen molar-refractivity contribution in [2.45, 2.75) is 102 Å². The van der Waals surface area contributed by atoms with Gasteiger partial charge in [0.2, 0.25) is 35.1 Å². The second kappa shape index (κ2) is 19.2. The number of anilines is 2. The second-order valence-electron chi connectivity index (χ2n) is 16.6. The number of carbonyl (C=O) groups excluding carboxylic acids is 9. The first kappa shape index (κ1) is 45.1. The molecule has 3 heterocycles. The predicted molar refractivity (Wildman–Crippen MR) is 228 cm³/mol. The average Bonchev–Trinajstić information content (AvgIpc) is 3.83. The van der Waals surface area contributed by atoms with Crippen molar-refractivity contribution >= 4 is 64.7 Å². The largest absolute Gasteiger partial charge is 0.427 e. The molecule has 7 rings (SSSR count). The maximum atomic E-state index is 13.9. The predicted octanol–water partition coefficient (Wildman–Crippen LogP) is 4.29. The van der Waals surface area contributed by atoms with E-state index >= 15 is 0 Å². The smallest absolute Gasteiger partial charge is 0.418 e. The molecule has 17 nitrogen and oxygen atoms in total. The lowest BCUT2D eigenvalue weighted by Gasteiger charge is -2.31. The summed E-state index contributed by atoms with van der Waals surface area (Å²) >= 11 is 0. The molecule has 336 valence electrons. The lowest BCUT2D eigenvalue weighted by molar-refractivity contribution is -0.143. The second-order valence-corrected chi connectivity index (χ2v) is 16.6. The highest BCUT2D eigenvalue weighted by molar-refractivity contribution is 6.23. The third kappa shape index (κ3) is 9.65. The Bertz CT molecular complexity index is 2410. The fraction of sp³-hybridized carbons (Fsp3) is 0.413. The third-order valence-electron chi connectivity index (χ3n) is 12.0. The molecule has 1 spiro atoms. The summed E-state index contributed by atoms with van der Waals surface area (Å²) < 4.78 is 19.5. The van der Waals surface area contributed by atoms with Crippen molar-refractivity contribution in [3.05, 3.63) is 94.3 Å². The first-order valence-electron chi connectivity index (χ1n) is 21.5. The standard InChI is InChI=1S/C46H50FN7O10/c1-27(24-49-38(56)8-6-4-3-5-7-21-48-32-13-15-34-35(23-32)43(61)54(42(34)60)37-17-18-39(57)51-41(37)59)52(25-29-9-11-31(47)12-10-29)40(58)26-53-44(62)46(64-45(53)63)20-19-30-22-33(50-28(2)55)14-16-36(30)46/h9-16,22-23,27,37,48H,3-8,17-21,24-26H2,1-2H3,(H,49,56)(H,50,55)(H,51,57,59)/t27-,37?,46+/m0/s1. The van der Waals surface area contributed by atoms with Crippen molar-refractivity contribution in [1.29, 1.82) is 0 Å². The number of benzene rings is 3. The summed E-state index contributed by atoms with van der Waals surface area (Å²) in [4.78, 5) is 119. The average molecular weight is 880 g/mol. The van der Waals surface area contributed by atoms with E-state index in [-0.39, 0.29) is 61.7 Å². The van der Waals surface area contributed by atoms with Gasteiger partial charge in [-0.1, -0.05) is 37.5 Å². The molecule has 4 N–H and O–H groups in total. The summed E-state index contributed by atoms with van der Waals surface area (Å²) in [7, 11) is 0. The van der Waals surface area contributed by atoms with Crippen molar-refractivity contribution in [3.8, 4) is 0 Å². The first-order chi connectivity index (χ1) is 30.6. The van der Waals surface area contributed by atoms with Crippen LogP contribution in [0.25, 0.3) is 0 Å². The van der Waals surface area contributed by atoms with Crippen molar-refractivity contribution in [3.63, 3.8) is 0 Å². The van der Waals surface area contributed by atoms with Crippen LogP contribution in [0.1, 0.15) is 109 Å². The molecule has 0 aromatic heterocycles. The maximum Gasteiger partial charge on any atom is 0.418 e. The molecule has 0 radical (unpaired) electrons. The van der Waals surface area contributed by atoms with Gasteiger partial charge in [-0.2, -0.15) is 0 Å². The van der Waals surface area contributed by atoms with E-state index in [1.165, 1.54) is 36.1 Å². The van der Waals surface area contributed by atoms with E-state index in [0.29, 0.717) is 41.9 Å². The lowest BCUT2D eigenvalue weighted by atomic mass is 9.94. The normalized spacial score (nSPS) is 19.3. The van der Waals surface area contributed by atoms with Crippen LogP contribution in [0.2, 0.25) is 0 Å². The summed E-state index contributed by atoms with van der Waals surface area (Å²) in [5, 5.41) is 11.0. The minimum absolute atomic E-state index is 0.0232. The number of hydrogen-bond acceptors (Lipinski definition) is 11. The number of amides is 9. The molecule has 2 saturated heterocycles. The number of hydrogen-bond donors (Lipinski definition) is 4. The van der Waals surface area contributed by atoms with Gasteiger partial charge >= 0.3 is 6.09 Å². The molecule has 1 aliphatic carbocycles. The number of nitrogens with one attached hydrogen (secondary N) is 4. The Morgan fingerprint density at radius 2 is 1.61 bits per heavy atom. The van der Waals surface area contributed by atoms with Crippen LogP contribution in [0, 0.1) is 5.82 Å². The van der Waals surface area contributed by atoms with Crippen molar-refractivity contribution in [2.75, 3.05) is 30.3 Å². The van der Waals surface area contributed by atoms with Crippen molar-refractivity contribution in [2.24, 2.45) is 0 Å². The number of fused-ring (bicyclic) bond motifs is 3. The highest BCUT2D eigenvalue weighted by Gasteiger charge is 2.58. The molecular weight excluding hydrogens is 830 g/mol. The molecular formula is C46H50FN7O10. The quantitative estimate of drug-likeness (QED) is 0.104. The maximum absolute atomic E-state index is 13.9. The van der Waals surface area contributed by atoms with Gasteiger partial charge in [0.15, 0.2) is 0 Å². The fourth-order valence-corrected chi connectivity index (χ4v) is 8.65. The molecule has 3 aromatic carbocycles. The summed E-state index contributed by atoms with van der Waals surface area (Å²) in [5.41, 5.74) is 1.89. The van der Waals surface area contributed by atoms with Crippen LogP contribution in [-0.4, -0.2) is 99.8 Å². The summed E-state index contributed by atoms with van der Waals surface area (Å²) in [6.07, 6.45) is 4.02. The minimum atomic E-state index is -1.58. The zero-order chi connectivity index (χ0) is 45.7. The number of piperidine rings is 1. The van der Waals surface area contributed by atoms with E-state index in [2.05, 4.69) is 21.3 Å². The molecule has 3 atom stereocenters. The Hall–Kier alpha value is -6.98. The topological polar surface area (TPSA) is 221 Å². The molecule has 2 fully saturated rings. The Balaban J connectivity index is 0.848. The Labute approximate surface area is 368 Å². The van der Waals surface area contributed by atoms with Gasteiger partial charge in [0.05, 0.1) is 11.1 Å². The summed E-state index contributed by atoms with van der Waals surface area (Å²) in [6.45, 7) is 3.22. The van der Waals surface area contributed by atoms with E-state index < -0.39 is 71.6 Å². The van der Waals surface area contributed by atoms with E-state index in [1.54, 1.807) is 43.3 Å². The highest BCUT2D eigenvalue weighted by Crippen LogP contribution is 2.46. The zero-order valence-electron chi connectivity index (χ0n) is 35.6. The van der Waals surface area contributed by atoms with Crippen LogP contribution in [0.5, 0.6) is 0 Å². The molecule has 4 aliphatic rings. The fourth-order valence-electron chi connectivity index (χ4n) is 8.65. The lowest BCUT2D eigenvalue weighted by Crippen LogP contribution is -2.54. The Kier molecular flexibility index (Phi) is 13.5. The Morgan fingerprint density at radius 1 is 0.891 bits per heavy atom. The van der Waals surface area contributed by atoms with E-state index in [0.717, 1.165) is 41.0 Å². The van der Waals surface area contributed by atoms with Gasteiger partial charge in [-0.25, -0.2) is 14.1 Å². The molecule has 1 unspecified atom stereocenters. The number of unbranched alkanes of at least 4 members (excludes halogenated alkanes) is 4. The number of halogens is 1. The van der Waals surface area contributed by atoms with Crippen LogP contribution in [-0.2, 0) is 52.1 Å². The SMILES string of the molecule is CC(=O)Nc1ccc2c(c1)CC[C@@]21OC(=O)N(CC(=O)N(Cc2ccc(F)cc2)[C@@H](C)CNC(=O)CCCCCCCNc2ccc3c(c2)C(=O)N(C2CCC(=O)NC2=O)C3=O)C1=O. The summed E-state index contributed by atoms with van der Waals surface area (Å²) in [5.74, 6) is -4.36. The number of carbonyl (C=O) groups is 9. The third-order valence-corrected chi connectivity index (χ3v) is 12.0. The van der Waals surface area contributed by atoms with Crippen LogP contribution in [0.15, 0.2) is 60.7 Å². The monoisotopic (exact) mass is 879 g/mol. The Morgan fingerprint density at radius 3 is 2.36 bits per heavy atom. The van der Waals surface area contributed by atoms with Gasteiger partial charge in [-0.05, 0) is 86.2 Å². The minimum Gasteiger partial charge on any atom is -0.427 e. The number of ether oxygens (including phenoxy) is 1. The molecule has 0 saturated carbocycles. The molecule has 3 aromatic rings. The van der Waals surface area contributed by atoms with Crippen LogP contribution in [0.4, 0.5) is 20.6 Å². The number of aryl methyl sites for hydroxylation is 1. The summed E-state index contributed by atoms with van der Waals surface area (Å²) in [6, 6.07) is 13.9. The van der Waals surface area contributed by atoms with E-state index in [9.17, 15) is 47.5 Å².